The number of carbonyl (C=O) groups excluding carboxylic acids is 3. The molecule has 1 aromatic carbocycles. The van der Waals surface area contributed by atoms with E-state index in [9.17, 15) is 14.4 Å². The van der Waals surface area contributed by atoms with Gasteiger partial charge in [0, 0.05) is 31.6 Å². The summed E-state index contributed by atoms with van der Waals surface area (Å²) >= 11 is 1.26. The van der Waals surface area contributed by atoms with Crippen molar-refractivity contribution in [3.63, 3.8) is 0 Å². The van der Waals surface area contributed by atoms with Crippen LogP contribution in [0.4, 0.5) is 5.69 Å². The quantitative estimate of drug-likeness (QED) is 0.582. The van der Waals surface area contributed by atoms with E-state index in [4.69, 9.17) is 4.74 Å². The van der Waals surface area contributed by atoms with Gasteiger partial charge in [0.25, 0.3) is 5.91 Å². The molecule has 0 radical (unpaired) electrons. The molecule has 1 N–H and O–H groups in total. The zero-order valence-electron chi connectivity index (χ0n) is 15.8. The van der Waals surface area contributed by atoms with Crippen LogP contribution in [0.5, 0.6) is 0 Å². The maximum absolute atomic E-state index is 12.2. The van der Waals surface area contributed by atoms with E-state index in [1.165, 1.54) is 11.8 Å². The topological polar surface area (TPSA) is 88.1 Å². The molecule has 2 aliphatic heterocycles. The Morgan fingerprint density at radius 3 is 2.86 bits per heavy atom. The first kappa shape index (κ1) is 20.1. The Hall–Kier alpha value is -2.61. The highest BCUT2D eigenvalue weighted by Gasteiger charge is 2.24. The summed E-state index contributed by atoms with van der Waals surface area (Å²) in [5.74, 6) is -0.189. The largest absolute Gasteiger partial charge is 0.466 e. The van der Waals surface area contributed by atoms with Gasteiger partial charge in [0.15, 0.2) is 5.17 Å². The Labute approximate surface area is 168 Å². The van der Waals surface area contributed by atoms with E-state index in [0.717, 1.165) is 24.3 Å². The van der Waals surface area contributed by atoms with Crippen LogP contribution >= 0.6 is 11.8 Å². The van der Waals surface area contributed by atoms with E-state index in [2.05, 4.69) is 15.2 Å². The highest BCUT2D eigenvalue weighted by Crippen LogP contribution is 2.27. The number of thioether (sulfide) groups is 1. The number of benzene rings is 1. The smallest absolute Gasteiger partial charge is 0.307 e. The van der Waals surface area contributed by atoms with E-state index < -0.39 is 0 Å². The molecular weight excluding hydrogens is 378 g/mol. The minimum atomic E-state index is -0.298. The van der Waals surface area contributed by atoms with Crippen LogP contribution < -0.4 is 10.2 Å². The van der Waals surface area contributed by atoms with Crippen molar-refractivity contribution in [3.8, 4) is 0 Å². The van der Waals surface area contributed by atoms with Crippen molar-refractivity contribution >= 4 is 46.4 Å². The van der Waals surface area contributed by atoms with Gasteiger partial charge < -0.3 is 15.0 Å². The van der Waals surface area contributed by atoms with Crippen molar-refractivity contribution in [2.45, 2.75) is 26.2 Å². The maximum Gasteiger partial charge on any atom is 0.307 e. The van der Waals surface area contributed by atoms with Gasteiger partial charge in [-0.25, -0.2) is 0 Å². The van der Waals surface area contributed by atoms with Crippen LogP contribution in [0.1, 0.15) is 31.7 Å². The van der Waals surface area contributed by atoms with Gasteiger partial charge in [-0.1, -0.05) is 12.1 Å². The fourth-order valence-electron chi connectivity index (χ4n) is 2.96. The molecule has 8 heteroatoms. The lowest BCUT2D eigenvalue weighted by Crippen LogP contribution is -2.33. The normalized spacial score (nSPS) is 20.0. The molecular formula is C20H23N3O4S. The molecule has 2 fully saturated rings. The summed E-state index contributed by atoms with van der Waals surface area (Å²) in [5.41, 5.74) is 1.97. The minimum absolute atomic E-state index is 0.188. The van der Waals surface area contributed by atoms with Crippen LogP contribution in [-0.4, -0.2) is 49.1 Å². The van der Waals surface area contributed by atoms with Crippen molar-refractivity contribution < 1.29 is 19.1 Å². The first-order valence-corrected chi connectivity index (χ1v) is 10.1. The van der Waals surface area contributed by atoms with Crippen molar-refractivity contribution in [1.29, 1.82) is 0 Å². The Morgan fingerprint density at radius 2 is 2.11 bits per heavy atom. The molecule has 0 bridgehead atoms. The number of anilines is 1. The van der Waals surface area contributed by atoms with E-state index in [-0.39, 0.29) is 24.8 Å². The second-order valence-corrected chi connectivity index (χ2v) is 7.46. The van der Waals surface area contributed by atoms with E-state index in [1.807, 2.05) is 30.3 Å². The zero-order chi connectivity index (χ0) is 19.9. The number of hydrogen-bond donors (Lipinski definition) is 1. The van der Waals surface area contributed by atoms with Gasteiger partial charge in [-0.15, -0.1) is 0 Å². The van der Waals surface area contributed by atoms with Crippen molar-refractivity contribution in [1.82, 2.24) is 5.32 Å². The lowest BCUT2D eigenvalue weighted by Gasteiger charge is -2.28. The molecule has 0 atom stereocenters. The predicted molar refractivity (Wildman–Crippen MR) is 110 cm³/mol. The number of amidine groups is 1. The number of rotatable bonds is 6. The molecule has 7 nitrogen and oxygen atoms in total. The summed E-state index contributed by atoms with van der Waals surface area (Å²) in [5, 5.41) is 3.21. The van der Waals surface area contributed by atoms with Gasteiger partial charge in [-0.05, 0) is 42.5 Å². The Morgan fingerprint density at radius 1 is 1.32 bits per heavy atom. The SMILES string of the molecule is CCOC(=O)CCN=C1NC(=O)C(=Cc2cccc(N3CCC(=O)CC3)c2)S1. The van der Waals surface area contributed by atoms with Crippen LogP contribution in [0, 0.1) is 0 Å². The summed E-state index contributed by atoms with van der Waals surface area (Å²) in [6.07, 6.45) is 3.17. The number of carbonyl (C=O) groups is 3. The lowest BCUT2D eigenvalue weighted by atomic mass is 10.1. The number of hydrogen-bond acceptors (Lipinski definition) is 7. The first-order chi connectivity index (χ1) is 13.5. The third-order valence-corrected chi connectivity index (χ3v) is 5.33. The molecule has 28 heavy (non-hydrogen) atoms. The molecule has 1 amide bonds. The van der Waals surface area contributed by atoms with Crippen LogP contribution in [0.25, 0.3) is 6.08 Å². The van der Waals surface area contributed by atoms with Gasteiger partial charge in [-0.2, -0.15) is 0 Å². The highest BCUT2D eigenvalue weighted by molar-refractivity contribution is 8.18. The van der Waals surface area contributed by atoms with Crippen molar-refractivity contribution in [3.05, 3.63) is 34.7 Å². The van der Waals surface area contributed by atoms with Crippen molar-refractivity contribution in [2.75, 3.05) is 31.1 Å². The number of Topliss-reactive ketones (excluding diaryl/α,β-unsaturated/α-hetero) is 1. The lowest BCUT2D eigenvalue weighted by molar-refractivity contribution is -0.142. The molecule has 148 valence electrons. The Bertz CT molecular complexity index is 824. The molecule has 0 unspecified atom stereocenters. The molecule has 2 heterocycles. The molecule has 0 aliphatic carbocycles. The number of amides is 1. The number of nitrogens with zero attached hydrogens (tertiary/aromatic N) is 2. The second kappa shape index (κ2) is 9.54. The molecule has 3 rings (SSSR count). The third kappa shape index (κ3) is 5.45. The van der Waals surface area contributed by atoms with Crippen LogP contribution in [0.3, 0.4) is 0 Å². The van der Waals surface area contributed by atoms with E-state index >= 15 is 0 Å². The van der Waals surface area contributed by atoms with Crippen LogP contribution in [-0.2, 0) is 19.1 Å². The van der Waals surface area contributed by atoms with Crippen LogP contribution in [0.15, 0.2) is 34.2 Å². The Balaban J connectivity index is 1.63. The van der Waals surface area contributed by atoms with Crippen LogP contribution in [0.2, 0.25) is 0 Å². The molecule has 0 spiro atoms. The summed E-state index contributed by atoms with van der Waals surface area (Å²) in [4.78, 5) is 42.0. The molecule has 2 saturated heterocycles. The number of esters is 1. The monoisotopic (exact) mass is 401 g/mol. The van der Waals surface area contributed by atoms with Crippen molar-refractivity contribution in [2.24, 2.45) is 4.99 Å². The second-order valence-electron chi connectivity index (χ2n) is 6.43. The van der Waals surface area contributed by atoms with E-state index in [0.29, 0.717) is 35.3 Å². The van der Waals surface area contributed by atoms with Gasteiger partial charge in [0.2, 0.25) is 0 Å². The van der Waals surface area contributed by atoms with E-state index in [1.54, 1.807) is 6.92 Å². The third-order valence-electron chi connectivity index (χ3n) is 4.38. The van der Waals surface area contributed by atoms with Gasteiger partial charge in [0.1, 0.15) is 5.78 Å². The van der Waals surface area contributed by atoms with Gasteiger partial charge >= 0.3 is 5.97 Å². The number of piperidine rings is 1. The first-order valence-electron chi connectivity index (χ1n) is 9.33. The van der Waals surface area contributed by atoms with Gasteiger partial charge in [-0.3, -0.25) is 19.4 Å². The summed E-state index contributed by atoms with van der Waals surface area (Å²) < 4.78 is 4.86. The maximum atomic E-state index is 12.2. The number of aliphatic imine (C=N–C) groups is 1. The predicted octanol–water partition coefficient (Wildman–Crippen LogP) is 2.37. The molecule has 1 aromatic rings. The summed E-state index contributed by atoms with van der Waals surface area (Å²) in [6, 6.07) is 7.92. The zero-order valence-corrected chi connectivity index (χ0v) is 16.6. The standard InChI is InChI=1S/C20H23N3O4S/c1-2-27-18(25)6-9-21-20-22-19(26)17(28-20)13-14-4-3-5-15(12-14)23-10-7-16(24)8-11-23/h3-5,12-13H,2,6-11H2,1H3,(H,21,22,26). The average molecular weight is 401 g/mol. The van der Waals surface area contributed by atoms with Gasteiger partial charge in [0.05, 0.1) is 24.5 Å². The highest BCUT2D eigenvalue weighted by atomic mass is 32.2. The average Bonchev–Trinajstić information content (AvgIpc) is 3.02. The minimum Gasteiger partial charge on any atom is -0.466 e. The Kier molecular flexibility index (Phi) is 6.86. The summed E-state index contributed by atoms with van der Waals surface area (Å²) in [7, 11) is 0. The number of ketones is 1. The fourth-order valence-corrected chi connectivity index (χ4v) is 3.81. The fraction of sp³-hybridized carbons (Fsp3) is 0.400. The molecule has 0 saturated carbocycles. The number of ether oxygens (including phenoxy) is 1. The molecule has 2 aliphatic rings. The molecule has 0 aromatic heterocycles. The number of nitrogens with one attached hydrogen (secondary N) is 1. The summed E-state index contributed by atoms with van der Waals surface area (Å²) in [6.45, 7) is 3.84.